The highest BCUT2D eigenvalue weighted by atomic mass is 19.1. The maximum absolute atomic E-state index is 13.9. The Kier molecular flexibility index (Phi) is 4.06. The van der Waals surface area contributed by atoms with Gasteiger partial charge in [-0.3, -0.25) is 9.59 Å². The number of rotatable bonds is 2. The van der Waals surface area contributed by atoms with E-state index in [4.69, 9.17) is 0 Å². The molecule has 2 heterocycles. The number of hydrogen-bond acceptors (Lipinski definition) is 3. The third-order valence-electron chi connectivity index (χ3n) is 4.66. The number of nitrogens with zero attached hydrogens (tertiary/aromatic N) is 1. The van der Waals surface area contributed by atoms with E-state index >= 15 is 0 Å². The highest BCUT2D eigenvalue weighted by Crippen LogP contribution is 2.36. The molecule has 1 unspecified atom stereocenters. The van der Waals surface area contributed by atoms with Gasteiger partial charge in [0, 0.05) is 26.1 Å². The minimum atomic E-state index is -1.62. The van der Waals surface area contributed by atoms with Crippen LogP contribution in [0.2, 0.25) is 0 Å². The molecule has 23 heavy (non-hydrogen) atoms. The topological polar surface area (TPSA) is 69.6 Å². The maximum Gasteiger partial charge on any atom is 0.227 e. The second-order valence-corrected chi connectivity index (χ2v) is 6.16. The number of halogens is 2. The van der Waals surface area contributed by atoms with Crippen molar-refractivity contribution in [2.45, 2.75) is 24.9 Å². The Morgan fingerprint density at radius 3 is 2.39 bits per heavy atom. The number of aliphatic hydroxyl groups is 1. The standard InChI is InChI=1S/C16H18F2N2O3/c17-11-2-1-3-12(18)14(11)16(23)4-6-20(7-5-16)15(22)10-8-13(21)19-9-10/h1-3,10,23H,4-9H2,(H,19,21). The first-order chi connectivity index (χ1) is 10.9. The molecule has 0 bridgehead atoms. The van der Waals surface area contributed by atoms with Crippen molar-refractivity contribution in [2.24, 2.45) is 5.92 Å². The summed E-state index contributed by atoms with van der Waals surface area (Å²) in [5.74, 6) is -2.25. The van der Waals surface area contributed by atoms with Gasteiger partial charge in [-0.2, -0.15) is 0 Å². The molecular weight excluding hydrogens is 306 g/mol. The quantitative estimate of drug-likeness (QED) is 0.850. The number of amides is 2. The summed E-state index contributed by atoms with van der Waals surface area (Å²) in [6, 6.07) is 3.48. The van der Waals surface area contributed by atoms with E-state index in [0.29, 0.717) is 6.54 Å². The fraction of sp³-hybridized carbons (Fsp3) is 0.500. The minimum Gasteiger partial charge on any atom is -0.385 e. The predicted octanol–water partition coefficient (Wildman–Crippen LogP) is 0.911. The van der Waals surface area contributed by atoms with Gasteiger partial charge >= 0.3 is 0 Å². The summed E-state index contributed by atoms with van der Waals surface area (Å²) in [6.45, 7) is 0.724. The van der Waals surface area contributed by atoms with Crippen LogP contribution in [-0.4, -0.2) is 41.5 Å². The van der Waals surface area contributed by atoms with Crippen molar-refractivity contribution in [3.05, 3.63) is 35.4 Å². The summed E-state index contributed by atoms with van der Waals surface area (Å²) in [4.78, 5) is 25.1. The van der Waals surface area contributed by atoms with Crippen molar-refractivity contribution in [1.82, 2.24) is 10.2 Å². The van der Waals surface area contributed by atoms with E-state index in [1.807, 2.05) is 0 Å². The van der Waals surface area contributed by atoms with Gasteiger partial charge in [-0.1, -0.05) is 6.07 Å². The number of carbonyl (C=O) groups is 2. The predicted molar refractivity (Wildman–Crippen MR) is 77.2 cm³/mol. The van der Waals surface area contributed by atoms with Crippen molar-refractivity contribution in [3.8, 4) is 0 Å². The lowest BCUT2D eigenvalue weighted by Crippen LogP contribution is -2.48. The Labute approximate surface area is 132 Å². The van der Waals surface area contributed by atoms with Crippen molar-refractivity contribution in [3.63, 3.8) is 0 Å². The van der Waals surface area contributed by atoms with Crippen LogP contribution in [0.4, 0.5) is 8.78 Å². The van der Waals surface area contributed by atoms with Gasteiger partial charge in [0.1, 0.15) is 11.6 Å². The second-order valence-electron chi connectivity index (χ2n) is 6.16. The third-order valence-corrected chi connectivity index (χ3v) is 4.66. The molecule has 7 heteroatoms. The average Bonchev–Trinajstić information content (AvgIpc) is 2.93. The molecule has 2 aliphatic heterocycles. The molecule has 0 spiro atoms. The lowest BCUT2D eigenvalue weighted by Gasteiger charge is -2.39. The van der Waals surface area contributed by atoms with Crippen molar-refractivity contribution in [2.75, 3.05) is 19.6 Å². The third kappa shape index (κ3) is 2.93. The first-order valence-electron chi connectivity index (χ1n) is 7.63. The van der Waals surface area contributed by atoms with Crippen LogP contribution in [0, 0.1) is 17.6 Å². The maximum atomic E-state index is 13.9. The first-order valence-corrected chi connectivity index (χ1v) is 7.63. The molecule has 2 fully saturated rings. The lowest BCUT2D eigenvalue weighted by molar-refractivity contribution is -0.140. The molecule has 2 aliphatic rings. The van der Waals surface area contributed by atoms with Gasteiger partial charge in [0.2, 0.25) is 11.8 Å². The van der Waals surface area contributed by atoms with Crippen LogP contribution in [0.5, 0.6) is 0 Å². The van der Waals surface area contributed by atoms with Crippen LogP contribution in [0.3, 0.4) is 0 Å². The summed E-state index contributed by atoms with van der Waals surface area (Å²) in [7, 11) is 0. The van der Waals surface area contributed by atoms with Gasteiger partial charge in [0.05, 0.1) is 17.1 Å². The summed E-state index contributed by atoms with van der Waals surface area (Å²) in [6.07, 6.45) is 0.289. The van der Waals surface area contributed by atoms with Crippen LogP contribution in [0.1, 0.15) is 24.8 Å². The fourth-order valence-corrected chi connectivity index (χ4v) is 3.33. The summed E-state index contributed by atoms with van der Waals surface area (Å²) in [5.41, 5.74) is -1.94. The molecule has 1 aromatic carbocycles. The number of piperidine rings is 1. The molecule has 0 aliphatic carbocycles. The van der Waals surface area contributed by atoms with E-state index in [1.165, 1.54) is 6.07 Å². The van der Waals surface area contributed by atoms with E-state index in [2.05, 4.69) is 5.32 Å². The monoisotopic (exact) mass is 324 g/mol. The zero-order valence-corrected chi connectivity index (χ0v) is 12.5. The summed E-state index contributed by atoms with van der Waals surface area (Å²) >= 11 is 0. The number of carbonyl (C=O) groups excluding carboxylic acids is 2. The van der Waals surface area contributed by atoms with Crippen LogP contribution >= 0.6 is 0 Å². The molecule has 0 saturated carbocycles. The van der Waals surface area contributed by atoms with Crippen molar-refractivity contribution >= 4 is 11.8 Å². The zero-order valence-electron chi connectivity index (χ0n) is 12.5. The van der Waals surface area contributed by atoms with Gasteiger partial charge in [-0.15, -0.1) is 0 Å². The number of hydrogen-bond donors (Lipinski definition) is 2. The van der Waals surface area contributed by atoms with E-state index in [0.717, 1.165) is 12.1 Å². The van der Waals surface area contributed by atoms with E-state index in [9.17, 15) is 23.5 Å². The SMILES string of the molecule is O=C1CC(C(=O)N2CCC(O)(c3c(F)cccc3F)CC2)CN1. The smallest absolute Gasteiger partial charge is 0.227 e. The molecule has 0 aromatic heterocycles. The second kappa shape index (κ2) is 5.88. The van der Waals surface area contributed by atoms with Gasteiger partial charge in [-0.25, -0.2) is 8.78 Å². The van der Waals surface area contributed by atoms with Crippen molar-refractivity contribution < 1.29 is 23.5 Å². The average molecular weight is 324 g/mol. The molecule has 0 radical (unpaired) electrons. The molecular formula is C16H18F2N2O3. The molecule has 1 atom stereocenters. The minimum absolute atomic E-state index is 0.0602. The largest absolute Gasteiger partial charge is 0.385 e. The first kappa shape index (κ1) is 15.9. The lowest BCUT2D eigenvalue weighted by atomic mass is 9.83. The Hall–Kier alpha value is -2.02. The highest BCUT2D eigenvalue weighted by Gasteiger charge is 2.41. The zero-order chi connectivity index (χ0) is 16.6. The van der Waals surface area contributed by atoms with Crippen molar-refractivity contribution in [1.29, 1.82) is 0 Å². The number of likely N-dealkylation sites (tertiary alicyclic amines) is 1. The van der Waals surface area contributed by atoms with E-state index < -0.39 is 17.2 Å². The normalized spacial score (nSPS) is 23.7. The Morgan fingerprint density at radius 2 is 1.87 bits per heavy atom. The van der Waals surface area contributed by atoms with Gasteiger partial charge < -0.3 is 15.3 Å². The Balaban J connectivity index is 1.70. The molecule has 3 rings (SSSR count). The molecule has 1 aromatic rings. The van der Waals surface area contributed by atoms with Crippen LogP contribution < -0.4 is 5.32 Å². The van der Waals surface area contributed by atoms with E-state index in [1.54, 1.807) is 4.90 Å². The van der Waals surface area contributed by atoms with Gasteiger partial charge in [-0.05, 0) is 25.0 Å². The van der Waals surface area contributed by atoms with Crippen LogP contribution in [0.15, 0.2) is 18.2 Å². The number of benzene rings is 1. The molecule has 124 valence electrons. The molecule has 2 saturated heterocycles. The molecule has 2 N–H and O–H groups in total. The fourth-order valence-electron chi connectivity index (χ4n) is 3.33. The number of nitrogens with one attached hydrogen (secondary N) is 1. The van der Waals surface area contributed by atoms with Crippen LogP contribution in [0.25, 0.3) is 0 Å². The Morgan fingerprint density at radius 1 is 1.26 bits per heavy atom. The summed E-state index contributed by atoms with van der Waals surface area (Å²) < 4.78 is 27.8. The van der Waals surface area contributed by atoms with E-state index in [-0.39, 0.29) is 55.6 Å². The van der Waals surface area contributed by atoms with Crippen LogP contribution in [-0.2, 0) is 15.2 Å². The van der Waals surface area contributed by atoms with Gasteiger partial charge in [0.25, 0.3) is 0 Å². The Bertz CT molecular complexity index is 622. The highest BCUT2D eigenvalue weighted by molar-refractivity contribution is 5.89. The van der Waals surface area contributed by atoms with Gasteiger partial charge in [0.15, 0.2) is 0 Å². The summed E-state index contributed by atoms with van der Waals surface area (Å²) in [5, 5.41) is 13.2. The molecule has 5 nitrogen and oxygen atoms in total. The molecule has 2 amide bonds.